The number of benzene rings is 1. The van der Waals surface area contributed by atoms with Gasteiger partial charge in [0.25, 0.3) is 0 Å². The Kier molecular flexibility index (Phi) is 2.41. The van der Waals surface area contributed by atoms with Crippen LogP contribution in [0.4, 0.5) is 5.69 Å². The van der Waals surface area contributed by atoms with Crippen LogP contribution in [0.1, 0.15) is 50.5 Å². The van der Waals surface area contributed by atoms with Gasteiger partial charge in [-0.3, -0.25) is 4.79 Å². The Bertz CT molecular complexity index is 707. The lowest BCUT2D eigenvalue weighted by Crippen LogP contribution is -2.52. The van der Waals surface area contributed by atoms with E-state index in [-0.39, 0.29) is 5.41 Å². The van der Waals surface area contributed by atoms with Crippen LogP contribution in [0, 0.1) is 5.41 Å². The SMILES string of the molecule is CCC12CCCN3C(=O)CC4C(=C31)N(CC2)c1ccccc14. The van der Waals surface area contributed by atoms with Crippen LogP contribution in [0.5, 0.6) is 0 Å². The number of hydrogen-bond donors (Lipinski definition) is 0. The summed E-state index contributed by atoms with van der Waals surface area (Å²) in [6.07, 6.45) is 5.42. The topological polar surface area (TPSA) is 23.6 Å². The first-order chi connectivity index (χ1) is 10.7. The standard InChI is InChI=1S/C19H22N2O/c1-2-19-8-5-10-21-16(22)12-14-13-6-3-4-7-15(13)20(11-9-19)17(14)18(19)21/h3-4,6-7,14H,2,5,8-12H2,1H3. The zero-order valence-electron chi connectivity index (χ0n) is 13.1. The third-order valence-corrected chi connectivity index (χ3v) is 6.45. The molecule has 0 N–H and O–H groups in total. The van der Waals surface area contributed by atoms with Crippen molar-refractivity contribution in [3.05, 3.63) is 41.2 Å². The van der Waals surface area contributed by atoms with E-state index in [9.17, 15) is 4.79 Å². The van der Waals surface area contributed by atoms with Crippen LogP contribution in [0.2, 0.25) is 0 Å². The van der Waals surface area contributed by atoms with Gasteiger partial charge < -0.3 is 9.80 Å². The predicted molar refractivity (Wildman–Crippen MR) is 86.5 cm³/mol. The first kappa shape index (κ1) is 12.7. The summed E-state index contributed by atoms with van der Waals surface area (Å²) >= 11 is 0. The molecule has 4 heterocycles. The summed E-state index contributed by atoms with van der Waals surface area (Å²) in [6, 6.07) is 8.71. The van der Waals surface area contributed by atoms with E-state index >= 15 is 0 Å². The number of anilines is 1. The largest absolute Gasteiger partial charge is 0.343 e. The highest BCUT2D eigenvalue weighted by molar-refractivity contribution is 5.86. The van der Waals surface area contributed by atoms with Crippen LogP contribution in [-0.2, 0) is 4.79 Å². The number of rotatable bonds is 1. The number of para-hydroxylation sites is 1. The van der Waals surface area contributed by atoms with E-state index in [1.807, 2.05) is 0 Å². The Balaban J connectivity index is 1.80. The highest BCUT2D eigenvalue weighted by atomic mass is 16.2. The molecule has 0 aromatic heterocycles. The smallest absolute Gasteiger partial charge is 0.227 e. The molecular formula is C19H22N2O. The third kappa shape index (κ3) is 1.35. The van der Waals surface area contributed by atoms with Gasteiger partial charge in [0.1, 0.15) is 0 Å². The van der Waals surface area contributed by atoms with E-state index in [1.165, 1.54) is 35.5 Å². The summed E-state index contributed by atoms with van der Waals surface area (Å²) in [4.78, 5) is 17.5. The van der Waals surface area contributed by atoms with E-state index in [1.54, 1.807) is 0 Å². The molecule has 4 aliphatic rings. The Morgan fingerprint density at radius 1 is 1.18 bits per heavy atom. The fraction of sp³-hybridized carbons (Fsp3) is 0.526. The molecule has 2 unspecified atom stereocenters. The summed E-state index contributed by atoms with van der Waals surface area (Å²) in [6.45, 7) is 4.35. The van der Waals surface area contributed by atoms with Crippen molar-refractivity contribution in [2.75, 3.05) is 18.0 Å². The van der Waals surface area contributed by atoms with Crippen molar-refractivity contribution in [2.24, 2.45) is 5.41 Å². The molecule has 0 radical (unpaired) electrons. The summed E-state index contributed by atoms with van der Waals surface area (Å²) in [7, 11) is 0. The van der Waals surface area contributed by atoms with Gasteiger partial charge in [-0.1, -0.05) is 25.1 Å². The molecule has 22 heavy (non-hydrogen) atoms. The lowest BCUT2D eigenvalue weighted by atomic mass is 9.67. The summed E-state index contributed by atoms with van der Waals surface area (Å²) in [5.74, 6) is 0.652. The maximum Gasteiger partial charge on any atom is 0.227 e. The molecule has 114 valence electrons. The van der Waals surface area contributed by atoms with Crippen LogP contribution in [-0.4, -0.2) is 23.9 Å². The van der Waals surface area contributed by atoms with Crippen molar-refractivity contribution < 1.29 is 4.79 Å². The van der Waals surface area contributed by atoms with Gasteiger partial charge in [0.2, 0.25) is 5.91 Å². The van der Waals surface area contributed by atoms with E-state index in [0.717, 1.165) is 25.9 Å². The van der Waals surface area contributed by atoms with Gasteiger partial charge in [-0.15, -0.1) is 0 Å². The van der Waals surface area contributed by atoms with E-state index in [4.69, 9.17) is 0 Å². The molecule has 1 fully saturated rings. The monoisotopic (exact) mass is 294 g/mol. The molecule has 1 aromatic carbocycles. The normalized spacial score (nSPS) is 32.2. The molecule has 3 nitrogen and oxygen atoms in total. The second kappa shape index (κ2) is 4.15. The van der Waals surface area contributed by atoms with Gasteiger partial charge in [-0.25, -0.2) is 0 Å². The van der Waals surface area contributed by atoms with Crippen molar-refractivity contribution in [1.29, 1.82) is 0 Å². The Labute approximate surface area is 131 Å². The maximum absolute atomic E-state index is 12.8. The molecule has 0 aliphatic carbocycles. The van der Waals surface area contributed by atoms with Gasteiger partial charge >= 0.3 is 0 Å². The molecule has 2 atom stereocenters. The molecule has 1 saturated heterocycles. The van der Waals surface area contributed by atoms with E-state index in [2.05, 4.69) is 41.0 Å². The number of carbonyl (C=O) groups is 1. The summed E-state index contributed by atoms with van der Waals surface area (Å²) in [5.41, 5.74) is 5.83. The van der Waals surface area contributed by atoms with Gasteiger partial charge in [0.15, 0.2) is 0 Å². The molecule has 5 rings (SSSR count). The number of amides is 1. The second-order valence-corrected chi connectivity index (χ2v) is 7.23. The van der Waals surface area contributed by atoms with E-state index in [0.29, 0.717) is 18.2 Å². The number of hydrogen-bond acceptors (Lipinski definition) is 2. The molecule has 1 amide bonds. The minimum atomic E-state index is 0.250. The van der Waals surface area contributed by atoms with E-state index < -0.39 is 0 Å². The number of allylic oxidation sites excluding steroid dienone is 2. The molecule has 0 spiro atoms. The second-order valence-electron chi connectivity index (χ2n) is 7.23. The van der Waals surface area contributed by atoms with Crippen molar-refractivity contribution in [3.8, 4) is 0 Å². The van der Waals surface area contributed by atoms with Crippen LogP contribution in [0.15, 0.2) is 35.7 Å². The Morgan fingerprint density at radius 3 is 2.91 bits per heavy atom. The number of fused-ring (bicyclic) bond motifs is 3. The lowest BCUT2D eigenvalue weighted by molar-refractivity contribution is -0.133. The van der Waals surface area contributed by atoms with Crippen molar-refractivity contribution in [1.82, 2.24) is 4.90 Å². The summed E-state index contributed by atoms with van der Waals surface area (Å²) in [5, 5.41) is 0. The quantitative estimate of drug-likeness (QED) is 0.789. The van der Waals surface area contributed by atoms with Crippen LogP contribution < -0.4 is 4.90 Å². The Hall–Kier alpha value is -1.77. The fourth-order valence-corrected chi connectivity index (χ4v) is 5.36. The van der Waals surface area contributed by atoms with Crippen LogP contribution in [0.25, 0.3) is 0 Å². The maximum atomic E-state index is 12.8. The third-order valence-electron chi connectivity index (χ3n) is 6.45. The average molecular weight is 294 g/mol. The Morgan fingerprint density at radius 2 is 2.05 bits per heavy atom. The van der Waals surface area contributed by atoms with Gasteiger partial charge in [-0.05, 0) is 37.3 Å². The molecule has 0 saturated carbocycles. The van der Waals surface area contributed by atoms with Gasteiger partial charge in [0.05, 0.1) is 0 Å². The zero-order valence-corrected chi connectivity index (χ0v) is 13.1. The highest BCUT2D eigenvalue weighted by Crippen LogP contribution is 2.59. The molecule has 1 aromatic rings. The first-order valence-corrected chi connectivity index (χ1v) is 8.67. The van der Waals surface area contributed by atoms with Crippen LogP contribution >= 0.6 is 0 Å². The zero-order chi connectivity index (χ0) is 14.9. The number of carbonyl (C=O) groups excluding carboxylic acids is 1. The van der Waals surface area contributed by atoms with Crippen molar-refractivity contribution in [3.63, 3.8) is 0 Å². The summed E-state index contributed by atoms with van der Waals surface area (Å²) < 4.78 is 0. The molecule has 4 aliphatic heterocycles. The molecular weight excluding hydrogens is 272 g/mol. The molecule has 3 heteroatoms. The predicted octanol–water partition coefficient (Wildman–Crippen LogP) is 3.63. The minimum absolute atomic E-state index is 0.250. The molecule has 0 bridgehead atoms. The highest BCUT2D eigenvalue weighted by Gasteiger charge is 2.53. The van der Waals surface area contributed by atoms with Gasteiger partial charge in [0, 0.05) is 47.9 Å². The average Bonchev–Trinajstić information content (AvgIpc) is 2.89. The minimum Gasteiger partial charge on any atom is -0.343 e. The number of piperidine rings is 1. The lowest BCUT2D eigenvalue weighted by Gasteiger charge is -2.53. The van der Waals surface area contributed by atoms with Crippen LogP contribution in [0.3, 0.4) is 0 Å². The van der Waals surface area contributed by atoms with Gasteiger partial charge in [-0.2, -0.15) is 0 Å². The first-order valence-electron chi connectivity index (χ1n) is 8.67. The fourth-order valence-electron chi connectivity index (χ4n) is 5.36. The van der Waals surface area contributed by atoms with Crippen molar-refractivity contribution in [2.45, 2.75) is 44.9 Å². The number of nitrogens with zero attached hydrogens (tertiary/aromatic N) is 2. The van der Waals surface area contributed by atoms with Crippen molar-refractivity contribution >= 4 is 11.6 Å².